The van der Waals surface area contributed by atoms with Gasteiger partial charge in [0.2, 0.25) is 0 Å². The molecule has 4 nitrogen and oxygen atoms in total. The highest BCUT2D eigenvalue weighted by molar-refractivity contribution is 5.69. The number of aliphatic carboxylic acids is 1. The maximum atomic E-state index is 11.1. The molecule has 0 spiro atoms. The molecule has 0 unspecified atom stereocenters. The standard InChI is InChI=1S/C14H22N2O2/c15-9-2-1-7-13(14(17)18)8-3-5-12-6-4-10-16-11-12/h4,6,10-11,13H,1-3,5,7-9,15H2,(H,17,18)/t13-/m0/s1. The van der Waals surface area contributed by atoms with E-state index in [1.807, 2.05) is 18.3 Å². The molecule has 0 fully saturated rings. The van der Waals surface area contributed by atoms with Gasteiger partial charge in [0.25, 0.3) is 0 Å². The van der Waals surface area contributed by atoms with Gasteiger partial charge in [0, 0.05) is 12.4 Å². The zero-order valence-corrected chi connectivity index (χ0v) is 10.7. The minimum absolute atomic E-state index is 0.228. The quantitative estimate of drug-likeness (QED) is 0.659. The summed E-state index contributed by atoms with van der Waals surface area (Å²) in [6.45, 7) is 0.641. The fourth-order valence-corrected chi connectivity index (χ4v) is 2.02. The lowest BCUT2D eigenvalue weighted by Gasteiger charge is -2.11. The smallest absolute Gasteiger partial charge is 0.306 e. The average Bonchev–Trinajstić information content (AvgIpc) is 2.38. The molecule has 1 rings (SSSR count). The first-order valence-electron chi connectivity index (χ1n) is 6.56. The normalized spacial score (nSPS) is 12.3. The summed E-state index contributed by atoms with van der Waals surface area (Å²) in [7, 11) is 0. The molecule has 0 aliphatic heterocycles. The Morgan fingerprint density at radius 1 is 1.33 bits per heavy atom. The molecule has 0 saturated heterocycles. The van der Waals surface area contributed by atoms with Crippen LogP contribution in [0.1, 0.15) is 37.7 Å². The van der Waals surface area contributed by atoms with Crippen LogP contribution >= 0.6 is 0 Å². The number of nitrogens with zero attached hydrogens (tertiary/aromatic N) is 1. The number of carbonyl (C=O) groups is 1. The van der Waals surface area contributed by atoms with Gasteiger partial charge in [0.1, 0.15) is 0 Å². The average molecular weight is 250 g/mol. The second-order valence-corrected chi connectivity index (χ2v) is 4.57. The number of hydrogen-bond donors (Lipinski definition) is 2. The predicted octanol–water partition coefficient (Wildman–Crippen LogP) is 2.23. The first-order chi connectivity index (χ1) is 8.74. The van der Waals surface area contributed by atoms with Gasteiger partial charge in [-0.2, -0.15) is 0 Å². The van der Waals surface area contributed by atoms with E-state index in [0.717, 1.165) is 38.5 Å². The van der Waals surface area contributed by atoms with E-state index in [4.69, 9.17) is 10.8 Å². The number of aromatic nitrogens is 1. The van der Waals surface area contributed by atoms with Gasteiger partial charge >= 0.3 is 5.97 Å². The minimum atomic E-state index is -0.682. The number of carboxylic acid groups (broad SMARTS) is 1. The lowest BCUT2D eigenvalue weighted by atomic mass is 9.95. The topological polar surface area (TPSA) is 76.2 Å². The number of aryl methyl sites for hydroxylation is 1. The molecule has 0 radical (unpaired) electrons. The molecule has 1 aromatic rings. The summed E-state index contributed by atoms with van der Waals surface area (Å²) in [6, 6.07) is 3.93. The molecule has 0 bridgehead atoms. The largest absolute Gasteiger partial charge is 0.481 e. The monoisotopic (exact) mass is 250 g/mol. The highest BCUT2D eigenvalue weighted by atomic mass is 16.4. The molecule has 1 atom stereocenters. The van der Waals surface area contributed by atoms with Crippen LogP contribution in [0.2, 0.25) is 0 Å². The van der Waals surface area contributed by atoms with Crippen molar-refractivity contribution in [3.63, 3.8) is 0 Å². The summed E-state index contributed by atoms with van der Waals surface area (Å²) in [4.78, 5) is 15.1. The van der Waals surface area contributed by atoms with Crippen molar-refractivity contribution in [2.75, 3.05) is 6.54 Å². The highest BCUT2D eigenvalue weighted by Gasteiger charge is 2.16. The molecule has 3 N–H and O–H groups in total. The Kier molecular flexibility index (Phi) is 7.03. The molecule has 4 heteroatoms. The third kappa shape index (κ3) is 5.77. The van der Waals surface area contributed by atoms with E-state index in [1.54, 1.807) is 6.20 Å². The summed E-state index contributed by atoms with van der Waals surface area (Å²) in [5.74, 6) is -0.911. The Hall–Kier alpha value is -1.42. The molecule has 1 aromatic heterocycles. The molecule has 18 heavy (non-hydrogen) atoms. The van der Waals surface area contributed by atoms with Crippen molar-refractivity contribution in [3.8, 4) is 0 Å². The molecule has 0 aliphatic carbocycles. The Morgan fingerprint density at radius 2 is 2.11 bits per heavy atom. The second-order valence-electron chi connectivity index (χ2n) is 4.57. The van der Waals surface area contributed by atoms with E-state index in [9.17, 15) is 4.79 Å². The van der Waals surface area contributed by atoms with E-state index in [0.29, 0.717) is 6.54 Å². The molecular formula is C14H22N2O2. The predicted molar refractivity (Wildman–Crippen MR) is 71.2 cm³/mol. The van der Waals surface area contributed by atoms with Gasteiger partial charge in [-0.05, 0) is 50.3 Å². The molecule has 0 saturated carbocycles. The van der Waals surface area contributed by atoms with Crippen LogP contribution in [0.15, 0.2) is 24.5 Å². The molecule has 0 amide bonds. The number of unbranched alkanes of at least 4 members (excludes halogenated alkanes) is 1. The Balaban J connectivity index is 2.27. The van der Waals surface area contributed by atoms with Gasteiger partial charge in [0.05, 0.1) is 5.92 Å². The highest BCUT2D eigenvalue weighted by Crippen LogP contribution is 2.16. The Morgan fingerprint density at radius 3 is 2.72 bits per heavy atom. The molecule has 1 heterocycles. The van der Waals surface area contributed by atoms with E-state index in [1.165, 1.54) is 5.56 Å². The Labute approximate surface area is 108 Å². The fraction of sp³-hybridized carbons (Fsp3) is 0.571. The first kappa shape index (κ1) is 14.6. The molecule has 0 aliphatic rings. The van der Waals surface area contributed by atoms with Gasteiger partial charge in [0.15, 0.2) is 0 Å². The van der Waals surface area contributed by atoms with Crippen molar-refractivity contribution in [2.24, 2.45) is 11.7 Å². The van der Waals surface area contributed by atoms with Crippen molar-refractivity contribution in [1.82, 2.24) is 4.98 Å². The first-order valence-corrected chi connectivity index (χ1v) is 6.56. The minimum Gasteiger partial charge on any atom is -0.481 e. The summed E-state index contributed by atoms with van der Waals surface area (Å²) >= 11 is 0. The summed E-state index contributed by atoms with van der Waals surface area (Å²) in [5, 5.41) is 9.13. The molecule has 0 aromatic carbocycles. The van der Waals surface area contributed by atoms with Crippen LogP contribution < -0.4 is 5.73 Å². The lowest BCUT2D eigenvalue weighted by Crippen LogP contribution is -2.14. The van der Waals surface area contributed by atoms with Crippen molar-refractivity contribution in [1.29, 1.82) is 0 Å². The number of nitrogens with two attached hydrogens (primary N) is 1. The van der Waals surface area contributed by atoms with Gasteiger partial charge < -0.3 is 10.8 Å². The molecular weight excluding hydrogens is 228 g/mol. The van der Waals surface area contributed by atoms with Crippen molar-refractivity contribution in [3.05, 3.63) is 30.1 Å². The maximum Gasteiger partial charge on any atom is 0.306 e. The van der Waals surface area contributed by atoms with Gasteiger partial charge in [-0.3, -0.25) is 9.78 Å². The van der Waals surface area contributed by atoms with Crippen molar-refractivity contribution < 1.29 is 9.90 Å². The van der Waals surface area contributed by atoms with E-state index in [2.05, 4.69) is 4.98 Å². The molecule has 100 valence electrons. The summed E-state index contributed by atoms with van der Waals surface area (Å²) in [5.41, 5.74) is 6.58. The van der Waals surface area contributed by atoms with Crippen LogP contribution in [0.4, 0.5) is 0 Å². The Bertz CT molecular complexity index is 341. The zero-order chi connectivity index (χ0) is 13.2. The van der Waals surface area contributed by atoms with Crippen LogP contribution in [0, 0.1) is 5.92 Å². The second kappa shape index (κ2) is 8.64. The summed E-state index contributed by atoms with van der Waals surface area (Å²) in [6.07, 6.45) is 8.65. The van der Waals surface area contributed by atoms with Crippen LogP contribution in [-0.2, 0) is 11.2 Å². The van der Waals surface area contributed by atoms with Crippen LogP contribution in [-0.4, -0.2) is 22.6 Å². The van der Waals surface area contributed by atoms with Crippen molar-refractivity contribution >= 4 is 5.97 Å². The van der Waals surface area contributed by atoms with E-state index >= 15 is 0 Å². The maximum absolute atomic E-state index is 11.1. The van der Waals surface area contributed by atoms with Crippen molar-refractivity contribution in [2.45, 2.75) is 38.5 Å². The number of pyridine rings is 1. The SMILES string of the molecule is NCCCC[C@@H](CCCc1cccnc1)C(=O)O. The van der Waals surface area contributed by atoms with Crippen LogP contribution in [0.3, 0.4) is 0 Å². The summed E-state index contributed by atoms with van der Waals surface area (Å²) < 4.78 is 0. The zero-order valence-electron chi connectivity index (χ0n) is 10.7. The number of rotatable bonds is 9. The third-order valence-electron chi connectivity index (χ3n) is 3.10. The van der Waals surface area contributed by atoms with Gasteiger partial charge in [-0.1, -0.05) is 12.5 Å². The van der Waals surface area contributed by atoms with E-state index in [-0.39, 0.29) is 5.92 Å². The fourth-order valence-electron chi connectivity index (χ4n) is 2.02. The van der Waals surface area contributed by atoms with Gasteiger partial charge in [-0.25, -0.2) is 0 Å². The third-order valence-corrected chi connectivity index (χ3v) is 3.10. The number of hydrogen-bond acceptors (Lipinski definition) is 3. The van der Waals surface area contributed by atoms with E-state index < -0.39 is 5.97 Å². The van der Waals surface area contributed by atoms with Gasteiger partial charge in [-0.15, -0.1) is 0 Å². The van der Waals surface area contributed by atoms with Crippen LogP contribution in [0.5, 0.6) is 0 Å². The lowest BCUT2D eigenvalue weighted by molar-refractivity contribution is -0.142. The van der Waals surface area contributed by atoms with Crippen LogP contribution in [0.25, 0.3) is 0 Å². The number of carboxylic acids is 1.